The lowest BCUT2D eigenvalue weighted by Crippen LogP contribution is -2.46. The first-order valence-corrected chi connectivity index (χ1v) is 11.0. The van der Waals surface area contributed by atoms with Gasteiger partial charge in [0, 0.05) is 25.0 Å². The molecular weight excluding hydrogens is 374 g/mol. The molecule has 0 unspecified atom stereocenters. The Labute approximate surface area is 181 Å². The highest BCUT2D eigenvalue weighted by molar-refractivity contribution is 5.78. The van der Waals surface area contributed by atoms with Gasteiger partial charge in [0.1, 0.15) is 5.75 Å². The monoisotopic (exact) mass is 409 g/mol. The fourth-order valence-corrected chi connectivity index (χ4v) is 4.10. The number of benzene rings is 2. The summed E-state index contributed by atoms with van der Waals surface area (Å²) in [5.41, 5.74) is 3.31. The van der Waals surface area contributed by atoms with Gasteiger partial charge >= 0.3 is 0 Å². The van der Waals surface area contributed by atoms with Gasteiger partial charge in [0.2, 0.25) is 5.91 Å². The number of hydrogen-bond acceptors (Lipinski definition) is 3. The summed E-state index contributed by atoms with van der Waals surface area (Å²) in [6, 6.07) is 16.8. The van der Waals surface area contributed by atoms with Gasteiger partial charge in [-0.05, 0) is 70.7 Å². The van der Waals surface area contributed by atoms with Gasteiger partial charge in [0.25, 0.3) is 0 Å². The van der Waals surface area contributed by atoms with E-state index in [1.54, 1.807) is 0 Å². The molecule has 162 valence electrons. The summed E-state index contributed by atoms with van der Waals surface area (Å²) in [4.78, 5) is 13.0. The van der Waals surface area contributed by atoms with Crippen molar-refractivity contribution in [3.63, 3.8) is 0 Å². The first-order valence-electron chi connectivity index (χ1n) is 11.0. The predicted octanol–water partition coefficient (Wildman–Crippen LogP) is 5.38. The van der Waals surface area contributed by atoms with E-state index in [9.17, 15) is 4.79 Å². The molecule has 2 aromatic carbocycles. The van der Waals surface area contributed by atoms with Crippen molar-refractivity contribution in [3.8, 4) is 5.75 Å². The lowest BCUT2D eigenvalue weighted by Gasteiger charge is -2.36. The van der Waals surface area contributed by atoms with Gasteiger partial charge in [-0.3, -0.25) is 4.79 Å². The van der Waals surface area contributed by atoms with Crippen LogP contribution in [-0.4, -0.2) is 30.3 Å². The molecule has 0 spiro atoms. The average molecular weight is 410 g/mol. The molecule has 0 aromatic heterocycles. The SMILES string of the molecule is Cc1ccc([C@@H](CC(=O)N[C@@H]2CCOC(C)(C)C2)c2ccc(OC(C)C)cc2)cc1. The van der Waals surface area contributed by atoms with E-state index < -0.39 is 0 Å². The second kappa shape index (κ2) is 9.65. The van der Waals surface area contributed by atoms with Gasteiger partial charge in [0.05, 0.1) is 11.7 Å². The highest BCUT2D eigenvalue weighted by Gasteiger charge is 2.30. The number of amides is 1. The van der Waals surface area contributed by atoms with E-state index in [1.165, 1.54) is 5.56 Å². The predicted molar refractivity (Wildman–Crippen MR) is 121 cm³/mol. The van der Waals surface area contributed by atoms with Crippen molar-refractivity contribution >= 4 is 5.91 Å². The number of carbonyl (C=O) groups is 1. The summed E-state index contributed by atoms with van der Waals surface area (Å²) in [5.74, 6) is 0.947. The van der Waals surface area contributed by atoms with Gasteiger partial charge in [-0.1, -0.05) is 42.0 Å². The molecular formula is C26H35NO3. The molecule has 1 heterocycles. The third-order valence-corrected chi connectivity index (χ3v) is 5.59. The van der Waals surface area contributed by atoms with E-state index in [4.69, 9.17) is 9.47 Å². The molecule has 1 aliphatic rings. The molecule has 0 radical (unpaired) electrons. The molecule has 1 aliphatic heterocycles. The van der Waals surface area contributed by atoms with E-state index in [2.05, 4.69) is 62.5 Å². The summed E-state index contributed by atoms with van der Waals surface area (Å²) < 4.78 is 11.6. The quantitative estimate of drug-likeness (QED) is 0.668. The maximum atomic E-state index is 13.0. The Morgan fingerprint density at radius 1 is 1.10 bits per heavy atom. The summed E-state index contributed by atoms with van der Waals surface area (Å²) >= 11 is 0. The van der Waals surface area contributed by atoms with Crippen molar-refractivity contribution in [3.05, 3.63) is 65.2 Å². The lowest BCUT2D eigenvalue weighted by molar-refractivity contribution is -0.124. The molecule has 0 bridgehead atoms. The number of aryl methyl sites for hydroxylation is 1. The minimum atomic E-state index is -0.182. The molecule has 1 amide bonds. The van der Waals surface area contributed by atoms with E-state index in [0.717, 1.165) is 29.7 Å². The number of rotatable bonds is 7. The van der Waals surface area contributed by atoms with Crippen LogP contribution in [0, 0.1) is 6.92 Å². The third kappa shape index (κ3) is 6.33. The van der Waals surface area contributed by atoms with Gasteiger partial charge in [0.15, 0.2) is 0 Å². The van der Waals surface area contributed by atoms with Crippen LogP contribution in [0.3, 0.4) is 0 Å². The Bertz CT molecular complexity index is 824. The zero-order valence-electron chi connectivity index (χ0n) is 18.9. The Morgan fingerprint density at radius 3 is 2.27 bits per heavy atom. The maximum absolute atomic E-state index is 13.0. The Morgan fingerprint density at radius 2 is 1.70 bits per heavy atom. The molecule has 0 saturated carbocycles. The molecule has 0 aliphatic carbocycles. The van der Waals surface area contributed by atoms with Crippen LogP contribution >= 0.6 is 0 Å². The second-order valence-electron chi connectivity index (χ2n) is 9.27. The van der Waals surface area contributed by atoms with Crippen LogP contribution in [-0.2, 0) is 9.53 Å². The molecule has 4 heteroatoms. The van der Waals surface area contributed by atoms with Crippen LogP contribution in [0.15, 0.2) is 48.5 Å². The van der Waals surface area contributed by atoms with Crippen molar-refractivity contribution in [1.29, 1.82) is 0 Å². The molecule has 2 atom stereocenters. The Balaban J connectivity index is 1.76. The van der Waals surface area contributed by atoms with Crippen LogP contribution in [0.2, 0.25) is 0 Å². The molecule has 3 rings (SSSR count). The van der Waals surface area contributed by atoms with E-state index >= 15 is 0 Å². The second-order valence-corrected chi connectivity index (χ2v) is 9.27. The van der Waals surface area contributed by atoms with Crippen molar-refractivity contribution in [2.24, 2.45) is 0 Å². The Kier molecular flexibility index (Phi) is 7.19. The number of carbonyl (C=O) groups excluding carboxylic acids is 1. The minimum absolute atomic E-state index is 0.00607. The number of ether oxygens (including phenoxy) is 2. The zero-order valence-corrected chi connectivity index (χ0v) is 18.9. The summed E-state index contributed by atoms with van der Waals surface area (Å²) in [6.07, 6.45) is 2.27. The zero-order chi connectivity index (χ0) is 21.7. The highest BCUT2D eigenvalue weighted by atomic mass is 16.5. The van der Waals surface area contributed by atoms with E-state index in [1.807, 2.05) is 26.0 Å². The molecule has 4 nitrogen and oxygen atoms in total. The van der Waals surface area contributed by atoms with Crippen molar-refractivity contribution < 1.29 is 14.3 Å². The van der Waals surface area contributed by atoms with Crippen molar-refractivity contribution in [2.75, 3.05) is 6.61 Å². The third-order valence-electron chi connectivity index (χ3n) is 5.59. The van der Waals surface area contributed by atoms with Crippen LogP contribution in [0.5, 0.6) is 5.75 Å². The highest BCUT2D eigenvalue weighted by Crippen LogP contribution is 2.31. The Hall–Kier alpha value is -2.33. The van der Waals surface area contributed by atoms with Crippen LogP contribution in [0.25, 0.3) is 0 Å². The fourth-order valence-electron chi connectivity index (χ4n) is 4.10. The average Bonchev–Trinajstić information content (AvgIpc) is 2.66. The first kappa shape index (κ1) is 22.4. The van der Waals surface area contributed by atoms with E-state index in [0.29, 0.717) is 13.0 Å². The van der Waals surface area contributed by atoms with E-state index in [-0.39, 0.29) is 29.6 Å². The smallest absolute Gasteiger partial charge is 0.221 e. The fraction of sp³-hybridized carbons (Fsp3) is 0.500. The molecule has 2 aromatic rings. The lowest BCUT2D eigenvalue weighted by atomic mass is 9.87. The molecule has 30 heavy (non-hydrogen) atoms. The van der Waals surface area contributed by atoms with Crippen molar-refractivity contribution in [1.82, 2.24) is 5.32 Å². The summed E-state index contributed by atoms with van der Waals surface area (Å²) in [5, 5.41) is 3.25. The summed E-state index contributed by atoms with van der Waals surface area (Å²) in [6.45, 7) is 11.0. The summed E-state index contributed by atoms with van der Waals surface area (Å²) in [7, 11) is 0. The van der Waals surface area contributed by atoms with Crippen molar-refractivity contribution in [2.45, 2.75) is 77.5 Å². The maximum Gasteiger partial charge on any atom is 0.221 e. The van der Waals surface area contributed by atoms with Crippen LogP contribution in [0.4, 0.5) is 0 Å². The number of nitrogens with one attached hydrogen (secondary N) is 1. The van der Waals surface area contributed by atoms with Gasteiger partial charge in [-0.25, -0.2) is 0 Å². The number of hydrogen-bond donors (Lipinski definition) is 1. The molecule has 1 saturated heterocycles. The van der Waals surface area contributed by atoms with Gasteiger partial charge in [-0.2, -0.15) is 0 Å². The largest absolute Gasteiger partial charge is 0.491 e. The normalized spacial score (nSPS) is 19.3. The van der Waals surface area contributed by atoms with Crippen LogP contribution < -0.4 is 10.1 Å². The van der Waals surface area contributed by atoms with Gasteiger partial charge < -0.3 is 14.8 Å². The van der Waals surface area contributed by atoms with Crippen LogP contribution in [0.1, 0.15) is 69.6 Å². The minimum Gasteiger partial charge on any atom is -0.491 e. The molecule has 1 N–H and O–H groups in total. The topological polar surface area (TPSA) is 47.6 Å². The standard InChI is InChI=1S/C26H35NO3/c1-18(2)30-23-12-10-21(11-13-23)24(20-8-6-19(3)7-9-20)16-25(28)27-22-14-15-29-26(4,5)17-22/h6-13,18,22,24H,14-17H2,1-5H3,(H,27,28)/t22-,24-/m1/s1. The van der Waals surface area contributed by atoms with Gasteiger partial charge in [-0.15, -0.1) is 0 Å². The molecule has 1 fully saturated rings. The first-order chi connectivity index (χ1) is 14.2.